The number of ether oxygens (including phenoxy) is 3. The second-order valence-electron chi connectivity index (χ2n) is 11.6. The van der Waals surface area contributed by atoms with Gasteiger partial charge in [-0.25, -0.2) is 9.59 Å². The average molecular weight is 494 g/mol. The van der Waals surface area contributed by atoms with Gasteiger partial charge in [0.1, 0.15) is 11.7 Å². The second-order valence-corrected chi connectivity index (χ2v) is 16.5. The van der Waals surface area contributed by atoms with Gasteiger partial charge in [0.2, 0.25) is 0 Å². The highest BCUT2D eigenvalue weighted by atomic mass is 28.4. The van der Waals surface area contributed by atoms with Gasteiger partial charge >= 0.3 is 12.1 Å². The largest absolute Gasteiger partial charge is 0.458 e. The van der Waals surface area contributed by atoms with Crippen LogP contribution in [0, 0.1) is 5.92 Å². The summed E-state index contributed by atoms with van der Waals surface area (Å²) in [6.07, 6.45) is -1.08. The molecule has 1 saturated heterocycles. The molecule has 3 atom stereocenters. The smallest absolute Gasteiger partial charge is 0.410 e. The highest BCUT2D eigenvalue weighted by Crippen LogP contribution is 2.37. The van der Waals surface area contributed by atoms with Gasteiger partial charge in [0.15, 0.2) is 14.4 Å². The van der Waals surface area contributed by atoms with E-state index in [0.29, 0.717) is 19.6 Å². The highest BCUT2D eigenvalue weighted by Gasteiger charge is 2.40. The summed E-state index contributed by atoms with van der Waals surface area (Å²) >= 11 is 0. The molecular formula is C26H43NO6Si. The fourth-order valence-corrected chi connectivity index (χ4v) is 4.68. The predicted molar refractivity (Wildman–Crippen MR) is 135 cm³/mol. The van der Waals surface area contributed by atoms with Gasteiger partial charge in [-0.15, -0.1) is 0 Å². The molecule has 1 aliphatic rings. The van der Waals surface area contributed by atoms with Crippen LogP contribution in [0.1, 0.15) is 59.6 Å². The molecule has 0 saturated carbocycles. The van der Waals surface area contributed by atoms with Crippen molar-refractivity contribution in [3.05, 3.63) is 35.9 Å². The van der Waals surface area contributed by atoms with Gasteiger partial charge in [-0.05, 0) is 50.9 Å². The van der Waals surface area contributed by atoms with Crippen LogP contribution >= 0.6 is 0 Å². The predicted octanol–water partition coefficient (Wildman–Crippen LogP) is 5.56. The number of hydrogen-bond donors (Lipinski definition) is 0. The van der Waals surface area contributed by atoms with Gasteiger partial charge in [0.25, 0.3) is 0 Å². The fraction of sp³-hybridized carbons (Fsp3) is 0.692. The number of rotatable bonds is 7. The third-order valence-electron chi connectivity index (χ3n) is 6.47. The van der Waals surface area contributed by atoms with Crippen LogP contribution in [0.4, 0.5) is 4.79 Å². The van der Waals surface area contributed by atoms with Crippen molar-refractivity contribution in [3.8, 4) is 0 Å². The zero-order valence-electron chi connectivity index (χ0n) is 22.3. The Labute approximate surface area is 206 Å². The van der Waals surface area contributed by atoms with E-state index >= 15 is 0 Å². The van der Waals surface area contributed by atoms with Gasteiger partial charge in [-0.2, -0.15) is 0 Å². The molecule has 0 spiro atoms. The van der Waals surface area contributed by atoms with Crippen molar-refractivity contribution in [1.82, 2.24) is 4.90 Å². The first-order chi connectivity index (χ1) is 15.6. The number of amides is 1. The van der Waals surface area contributed by atoms with Crippen LogP contribution in [0.3, 0.4) is 0 Å². The van der Waals surface area contributed by atoms with Crippen LogP contribution in [0.15, 0.2) is 30.3 Å². The summed E-state index contributed by atoms with van der Waals surface area (Å²) < 4.78 is 23.4. The Morgan fingerprint density at radius 2 is 1.68 bits per heavy atom. The summed E-state index contributed by atoms with van der Waals surface area (Å²) in [4.78, 5) is 27.5. The Morgan fingerprint density at radius 3 is 2.21 bits per heavy atom. The lowest BCUT2D eigenvalue weighted by Gasteiger charge is -2.41. The molecule has 0 aromatic heterocycles. The zero-order chi connectivity index (χ0) is 25.7. The SMILES string of the molecule is CO[C@@H](C(=O)O[C@@H]1C[C@H](CO[Si](C)(C)C(C)(C)C)CN(C(=O)OC(C)(C)C)C1)c1ccccc1. The Bertz CT molecular complexity index is 815. The second kappa shape index (κ2) is 11.2. The Kier molecular flexibility index (Phi) is 9.35. The van der Waals surface area contributed by atoms with E-state index in [-0.39, 0.29) is 17.5 Å². The molecule has 1 aliphatic heterocycles. The van der Waals surface area contributed by atoms with E-state index in [9.17, 15) is 9.59 Å². The average Bonchev–Trinajstić information content (AvgIpc) is 2.71. The van der Waals surface area contributed by atoms with Crippen LogP contribution in [0.25, 0.3) is 0 Å². The van der Waals surface area contributed by atoms with Crippen LogP contribution in [0.2, 0.25) is 18.1 Å². The van der Waals surface area contributed by atoms with E-state index in [4.69, 9.17) is 18.6 Å². The number of benzene rings is 1. The maximum absolute atomic E-state index is 13.0. The van der Waals surface area contributed by atoms with E-state index in [0.717, 1.165) is 5.56 Å². The monoisotopic (exact) mass is 493 g/mol. The van der Waals surface area contributed by atoms with Gasteiger partial charge < -0.3 is 23.5 Å². The summed E-state index contributed by atoms with van der Waals surface area (Å²) in [5.41, 5.74) is 0.120. The molecule has 1 fully saturated rings. The first kappa shape index (κ1) is 28.3. The normalized spacial score (nSPS) is 20.6. The highest BCUT2D eigenvalue weighted by molar-refractivity contribution is 6.74. The third kappa shape index (κ3) is 8.10. The summed E-state index contributed by atoms with van der Waals surface area (Å²) in [7, 11) is -0.472. The lowest BCUT2D eigenvalue weighted by molar-refractivity contribution is -0.165. The lowest BCUT2D eigenvalue weighted by atomic mass is 9.97. The van der Waals surface area contributed by atoms with Crippen molar-refractivity contribution >= 4 is 20.4 Å². The van der Waals surface area contributed by atoms with Crippen molar-refractivity contribution in [2.75, 3.05) is 26.8 Å². The van der Waals surface area contributed by atoms with Crippen molar-refractivity contribution in [2.45, 2.75) is 83.9 Å². The first-order valence-electron chi connectivity index (χ1n) is 12.0. The van der Waals surface area contributed by atoms with Crippen LogP contribution < -0.4 is 0 Å². The molecule has 0 N–H and O–H groups in total. The molecule has 7 nitrogen and oxygen atoms in total. The van der Waals surface area contributed by atoms with Crippen molar-refractivity contribution in [1.29, 1.82) is 0 Å². The molecule has 1 aromatic carbocycles. The zero-order valence-corrected chi connectivity index (χ0v) is 23.3. The summed E-state index contributed by atoms with van der Waals surface area (Å²) in [5, 5.41) is 0.0831. The van der Waals surface area contributed by atoms with E-state index in [1.54, 1.807) is 4.90 Å². The van der Waals surface area contributed by atoms with E-state index in [2.05, 4.69) is 33.9 Å². The van der Waals surface area contributed by atoms with Crippen LogP contribution in [-0.2, 0) is 23.4 Å². The Hall–Kier alpha value is -1.90. The third-order valence-corrected chi connectivity index (χ3v) is 11.0. The number of esters is 1. The molecule has 192 valence electrons. The van der Waals surface area contributed by atoms with Crippen LogP contribution in [0.5, 0.6) is 0 Å². The summed E-state index contributed by atoms with van der Waals surface area (Å²) in [5.74, 6) is -0.431. The standard InChI is InChI=1S/C26H43NO6Si/c1-25(2,3)33-24(29)27-16-19(18-31-34(8,9)26(4,5)6)15-21(17-27)32-23(28)22(30-7)20-13-11-10-12-14-20/h10-14,19,21-22H,15-18H2,1-9H3/t19-,21+,22+/m0/s1. The van der Waals surface area contributed by atoms with Crippen molar-refractivity contribution < 1.29 is 28.2 Å². The minimum absolute atomic E-state index is 0.0333. The molecular weight excluding hydrogens is 450 g/mol. The van der Waals surface area contributed by atoms with Gasteiger partial charge in [-0.3, -0.25) is 0 Å². The van der Waals surface area contributed by atoms with Gasteiger partial charge in [-0.1, -0.05) is 51.1 Å². The topological polar surface area (TPSA) is 74.3 Å². The minimum Gasteiger partial charge on any atom is -0.458 e. The minimum atomic E-state index is -1.96. The molecule has 8 heteroatoms. The number of likely N-dealkylation sites (tertiary alicyclic amines) is 1. The number of carbonyl (C=O) groups is 2. The number of nitrogens with zero attached hydrogens (tertiary/aromatic N) is 1. The maximum Gasteiger partial charge on any atom is 0.410 e. The maximum atomic E-state index is 13.0. The lowest BCUT2D eigenvalue weighted by Crippen LogP contribution is -2.51. The summed E-state index contributed by atoms with van der Waals surface area (Å²) in [6.45, 7) is 17.8. The van der Waals surface area contributed by atoms with Crippen molar-refractivity contribution in [2.24, 2.45) is 5.92 Å². The first-order valence-corrected chi connectivity index (χ1v) is 14.9. The molecule has 34 heavy (non-hydrogen) atoms. The van der Waals surface area contributed by atoms with E-state index in [1.807, 2.05) is 51.1 Å². The molecule has 1 heterocycles. The van der Waals surface area contributed by atoms with Crippen LogP contribution in [-0.4, -0.2) is 63.8 Å². The molecule has 0 aliphatic carbocycles. The van der Waals surface area contributed by atoms with Gasteiger partial charge in [0, 0.05) is 26.2 Å². The number of methoxy groups -OCH3 is 1. The molecule has 0 radical (unpaired) electrons. The molecule has 2 rings (SSSR count). The quantitative estimate of drug-likeness (QED) is 0.365. The summed E-state index contributed by atoms with van der Waals surface area (Å²) in [6, 6.07) is 9.26. The molecule has 1 amide bonds. The Balaban J connectivity index is 2.15. The Morgan fingerprint density at radius 1 is 1.06 bits per heavy atom. The fourth-order valence-electron chi connectivity index (χ4n) is 3.60. The molecule has 1 aromatic rings. The van der Waals surface area contributed by atoms with E-state index < -0.39 is 38.2 Å². The molecule has 0 unspecified atom stereocenters. The number of carbonyl (C=O) groups excluding carboxylic acids is 2. The van der Waals surface area contributed by atoms with Crippen molar-refractivity contribution in [3.63, 3.8) is 0 Å². The number of hydrogen-bond acceptors (Lipinski definition) is 6. The van der Waals surface area contributed by atoms with Gasteiger partial charge in [0.05, 0.1) is 6.54 Å². The molecule has 0 bridgehead atoms. The van der Waals surface area contributed by atoms with E-state index in [1.165, 1.54) is 7.11 Å². The number of piperidine rings is 1.